The van der Waals surface area contributed by atoms with Crippen molar-refractivity contribution in [2.45, 2.75) is 13.3 Å². The summed E-state index contributed by atoms with van der Waals surface area (Å²) < 4.78 is 2.14. The molecule has 1 N–H and O–H groups in total. The zero-order chi connectivity index (χ0) is 17.6. The minimum atomic E-state index is -0.101. The van der Waals surface area contributed by atoms with Crippen molar-refractivity contribution in [1.82, 2.24) is 14.5 Å². The summed E-state index contributed by atoms with van der Waals surface area (Å²) in [5, 5.41) is 4.79. The normalized spacial score (nSPS) is 11.3. The highest BCUT2D eigenvalue weighted by Gasteiger charge is 2.17. The molecule has 0 aliphatic heterocycles. The van der Waals surface area contributed by atoms with Crippen molar-refractivity contribution in [1.29, 1.82) is 0 Å². The molecule has 0 aliphatic carbocycles. The third-order valence-corrected chi connectivity index (χ3v) is 5.55. The molecule has 0 atom stereocenters. The summed E-state index contributed by atoms with van der Waals surface area (Å²) in [4.78, 5) is 22.9. The van der Waals surface area contributed by atoms with Crippen LogP contribution in [0.25, 0.3) is 26.1 Å². The third-order valence-electron chi connectivity index (χ3n) is 4.22. The van der Waals surface area contributed by atoms with Crippen LogP contribution in [0.5, 0.6) is 0 Å². The molecule has 0 saturated carbocycles. The SMILES string of the molecule is CCc1cnc2sc3c(=O)n(-c4ccc(Cl)cc4)cnc3c2c1NC. The van der Waals surface area contributed by atoms with Gasteiger partial charge < -0.3 is 5.32 Å². The summed E-state index contributed by atoms with van der Waals surface area (Å²) in [5.41, 5.74) is 3.43. The van der Waals surface area contributed by atoms with E-state index in [-0.39, 0.29) is 5.56 Å². The number of hydrogen-bond donors (Lipinski definition) is 1. The van der Waals surface area contributed by atoms with Gasteiger partial charge >= 0.3 is 0 Å². The van der Waals surface area contributed by atoms with Crippen molar-refractivity contribution in [3.05, 3.63) is 57.7 Å². The summed E-state index contributed by atoms with van der Waals surface area (Å²) >= 11 is 7.31. The molecule has 0 radical (unpaired) electrons. The fourth-order valence-corrected chi connectivity index (χ4v) is 4.14. The summed E-state index contributed by atoms with van der Waals surface area (Å²) in [6.07, 6.45) is 4.29. The molecule has 5 nitrogen and oxygen atoms in total. The van der Waals surface area contributed by atoms with Crippen molar-refractivity contribution in [3.8, 4) is 5.69 Å². The first-order valence-corrected chi connectivity index (χ1v) is 9.09. The highest BCUT2D eigenvalue weighted by molar-refractivity contribution is 7.25. The van der Waals surface area contributed by atoms with Crippen LogP contribution >= 0.6 is 22.9 Å². The number of nitrogens with one attached hydrogen (secondary N) is 1. The average molecular weight is 371 g/mol. The van der Waals surface area contributed by atoms with Gasteiger partial charge in [0.1, 0.15) is 21.4 Å². The fraction of sp³-hybridized carbons (Fsp3) is 0.167. The smallest absolute Gasteiger partial charge is 0.275 e. The van der Waals surface area contributed by atoms with Gasteiger partial charge in [0.15, 0.2) is 0 Å². The fourth-order valence-electron chi connectivity index (χ4n) is 2.97. The van der Waals surface area contributed by atoms with Gasteiger partial charge in [-0.05, 0) is 36.2 Å². The zero-order valence-corrected chi connectivity index (χ0v) is 15.3. The Labute approximate surface area is 152 Å². The van der Waals surface area contributed by atoms with Gasteiger partial charge in [0.2, 0.25) is 0 Å². The Morgan fingerprint density at radius 2 is 2.00 bits per heavy atom. The molecule has 126 valence electrons. The summed E-state index contributed by atoms with van der Waals surface area (Å²) in [7, 11) is 1.88. The molecule has 0 amide bonds. The van der Waals surface area contributed by atoms with E-state index in [4.69, 9.17) is 11.6 Å². The van der Waals surface area contributed by atoms with E-state index in [0.29, 0.717) is 15.2 Å². The number of thiophene rings is 1. The number of nitrogens with zero attached hydrogens (tertiary/aromatic N) is 3. The summed E-state index contributed by atoms with van der Waals surface area (Å²) in [6, 6.07) is 7.12. The highest BCUT2D eigenvalue weighted by atomic mass is 35.5. The maximum atomic E-state index is 13.0. The second-order valence-electron chi connectivity index (χ2n) is 5.62. The number of rotatable bonds is 3. The molecule has 3 aromatic heterocycles. The molecule has 4 rings (SSSR count). The van der Waals surface area contributed by atoms with Gasteiger partial charge in [-0.15, -0.1) is 11.3 Å². The zero-order valence-electron chi connectivity index (χ0n) is 13.7. The standard InChI is InChI=1S/C18H15ClN4OS/c1-3-10-8-21-17-13(14(10)20-2)15-16(25-17)18(24)23(9-22-15)12-6-4-11(19)5-7-12/h4-9H,3H2,1-2H3,(H,20,21). The number of halogens is 1. The van der Waals surface area contributed by atoms with E-state index in [2.05, 4.69) is 22.2 Å². The van der Waals surface area contributed by atoms with Crippen LogP contribution < -0.4 is 10.9 Å². The minimum absolute atomic E-state index is 0.101. The molecule has 7 heteroatoms. The number of hydrogen-bond acceptors (Lipinski definition) is 5. The largest absolute Gasteiger partial charge is 0.387 e. The predicted octanol–water partition coefficient (Wildman–Crippen LogP) is 4.25. The molecule has 4 aromatic rings. The number of fused-ring (bicyclic) bond motifs is 3. The molecular weight excluding hydrogens is 356 g/mol. The van der Waals surface area contributed by atoms with Crippen molar-refractivity contribution in [2.24, 2.45) is 0 Å². The topological polar surface area (TPSA) is 59.8 Å². The van der Waals surface area contributed by atoms with Gasteiger partial charge in [0.25, 0.3) is 5.56 Å². The summed E-state index contributed by atoms with van der Waals surface area (Å²) in [5.74, 6) is 0. The lowest BCUT2D eigenvalue weighted by molar-refractivity contribution is 0.968. The second kappa shape index (κ2) is 6.13. The Bertz CT molecular complexity index is 1150. The van der Waals surface area contributed by atoms with Gasteiger partial charge in [0.05, 0.1) is 16.8 Å². The minimum Gasteiger partial charge on any atom is -0.387 e. The van der Waals surface area contributed by atoms with Crippen molar-refractivity contribution in [3.63, 3.8) is 0 Å². The maximum absolute atomic E-state index is 13.0. The van der Waals surface area contributed by atoms with Crippen LogP contribution in [-0.4, -0.2) is 21.6 Å². The van der Waals surface area contributed by atoms with Crippen molar-refractivity contribution >= 4 is 49.1 Å². The molecule has 3 heterocycles. The van der Waals surface area contributed by atoms with Crippen LogP contribution in [0, 0.1) is 0 Å². The predicted molar refractivity (Wildman–Crippen MR) is 104 cm³/mol. The molecule has 0 unspecified atom stereocenters. The highest BCUT2D eigenvalue weighted by Crippen LogP contribution is 2.36. The molecule has 0 aliphatic rings. The van der Waals surface area contributed by atoms with Gasteiger partial charge in [-0.3, -0.25) is 9.36 Å². The molecule has 0 saturated heterocycles. The van der Waals surface area contributed by atoms with Crippen molar-refractivity contribution < 1.29 is 0 Å². The van der Waals surface area contributed by atoms with Crippen LogP contribution in [0.2, 0.25) is 5.02 Å². The van der Waals surface area contributed by atoms with E-state index in [9.17, 15) is 4.79 Å². The first kappa shape index (κ1) is 16.1. The Morgan fingerprint density at radius 3 is 2.68 bits per heavy atom. The first-order valence-electron chi connectivity index (χ1n) is 7.89. The molecule has 1 aromatic carbocycles. The van der Waals surface area contributed by atoms with Gasteiger partial charge in [-0.1, -0.05) is 18.5 Å². The Kier molecular flexibility index (Phi) is 3.94. The van der Waals surface area contributed by atoms with Crippen LogP contribution in [0.3, 0.4) is 0 Å². The lowest BCUT2D eigenvalue weighted by Crippen LogP contribution is -2.17. The van der Waals surface area contributed by atoms with Gasteiger partial charge in [0, 0.05) is 18.3 Å². The molecular formula is C18H15ClN4OS. The summed E-state index contributed by atoms with van der Waals surface area (Å²) in [6.45, 7) is 2.08. The van der Waals surface area contributed by atoms with E-state index in [1.54, 1.807) is 30.6 Å². The Hall–Kier alpha value is -2.44. The lowest BCUT2D eigenvalue weighted by Gasteiger charge is -2.08. The van der Waals surface area contributed by atoms with E-state index in [1.807, 2.05) is 13.2 Å². The van der Waals surface area contributed by atoms with Crippen LogP contribution in [0.4, 0.5) is 5.69 Å². The molecule has 25 heavy (non-hydrogen) atoms. The number of pyridine rings is 1. The first-order chi connectivity index (χ1) is 12.1. The Balaban J connectivity index is 2.04. The van der Waals surface area contributed by atoms with E-state index in [1.165, 1.54) is 15.9 Å². The molecule has 0 bridgehead atoms. The second-order valence-corrected chi connectivity index (χ2v) is 7.05. The molecule has 0 fully saturated rings. The maximum Gasteiger partial charge on any atom is 0.275 e. The quantitative estimate of drug-likeness (QED) is 0.585. The van der Waals surface area contributed by atoms with Gasteiger partial charge in [-0.2, -0.15) is 0 Å². The van der Waals surface area contributed by atoms with Crippen LogP contribution in [0.1, 0.15) is 12.5 Å². The number of benzene rings is 1. The van der Waals surface area contributed by atoms with E-state index >= 15 is 0 Å². The number of aryl methyl sites for hydroxylation is 1. The monoisotopic (exact) mass is 370 g/mol. The van der Waals surface area contributed by atoms with E-state index < -0.39 is 0 Å². The average Bonchev–Trinajstić information content (AvgIpc) is 3.02. The Morgan fingerprint density at radius 1 is 1.24 bits per heavy atom. The van der Waals surface area contributed by atoms with Gasteiger partial charge in [-0.25, -0.2) is 9.97 Å². The molecule has 0 spiro atoms. The van der Waals surface area contributed by atoms with Crippen molar-refractivity contribution in [2.75, 3.05) is 12.4 Å². The van der Waals surface area contributed by atoms with E-state index in [0.717, 1.165) is 33.6 Å². The van der Waals surface area contributed by atoms with Crippen LogP contribution in [-0.2, 0) is 6.42 Å². The third kappa shape index (κ3) is 2.49. The van der Waals surface area contributed by atoms with Crippen LogP contribution in [0.15, 0.2) is 41.6 Å². The lowest BCUT2D eigenvalue weighted by atomic mass is 10.1. The number of anilines is 1. The number of aromatic nitrogens is 3.